The quantitative estimate of drug-likeness (QED) is 0.442. The first-order valence-electron chi connectivity index (χ1n) is 7.53. The first kappa shape index (κ1) is 18.9. The van der Waals surface area contributed by atoms with Crippen LogP contribution in [0, 0.1) is 0 Å². The molecule has 1 aliphatic rings. The average molecular weight is 364 g/mol. The number of thioether (sulfide) groups is 1. The molecular formula is C15H19F3N2O3S. The highest BCUT2D eigenvalue weighted by molar-refractivity contribution is 8.00. The van der Waals surface area contributed by atoms with Crippen LogP contribution in [0.5, 0.6) is 5.75 Å². The van der Waals surface area contributed by atoms with Crippen LogP contribution < -0.4 is 10.2 Å². The molecular weight excluding hydrogens is 345 g/mol. The number of halogens is 3. The van der Waals surface area contributed by atoms with Crippen LogP contribution in [0.2, 0.25) is 0 Å². The fourth-order valence-corrected chi connectivity index (χ4v) is 3.11. The van der Waals surface area contributed by atoms with Gasteiger partial charge in [0.1, 0.15) is 5.75 Å². The van der Waals surface area contributed by atoms with Crippen molar-refractivity contribution in [2.45, 2.75) is 42.8 Å². The highest BCUT2D eigenvalue weighted by atomic mass is 32.2. The van der Waals surface area contributed by atoms with E-state index in [1.54, 1.807) is 16.4 Å². The summed E-state index contributed by atoms with van der Waals surface area (Å²) in [6.45, 7) is 3.20. The van der Waals surface area contributed by atoms with Crippen LogP contribution >= 0.6 is 11.8 Å². The molecule has 9 heteroatoms. The minimum atomic E-state index is -4.40. The highest BCUT2D eigenvalue weighted by Gasteiger charge is 2.34. The molecule has 1 aromatic rings. The lowest BCUT2D eigenvalue weighted by molar-refractivity contribution is -0.139. The van der Waals surface area contributed by atoms with Gasteiger partial charge in [-0.15, -0.1) is 0 Å². The van der Waals surface area contributed by atoms with Gasteiger partial charge in [-0.25, -0.2) is 5.48 Å². The molecule has 0 aromatic heterocycles. The molecule has 1 heterocycles. The van der Waals surface area contributed by atoms with Crippen molar-refractivity contribution in [2.75, 3.05) is 13.2 Å². The third kappa shape index (κ3) is 5.02. The Hall–Kier alpha value is -1.45. The largest absolute Gasteiger partial charge is 0.492 e. The van der Waals surface area contributed by atoms with Crippen LogP contribution in [0.4, 0.5) is 13.2 Å². The molecule has 0 radical (unpaired) electrons. The lowest BCUT2D eigenvalue weighted by Crippen LogP contribution is -2.54. The molecule has 2 rings (SSSR count). The number of nitrogens with zero attached hydrogens (tertiary/aromatic N) is 1. The van der Waals surface area contributed by atoms with E-state index >= 15 is 0 Å². The fraction of sp³-hybridized carbons (Fsp3) is 0.533. The summed E-state index contributed by atoms with van der Waals surface area (Å²) in [5, 5.41) is 8.67. The predicted octanol–water partition coefficient (Wildman–Crippen LogP) is 3.17. The summed E-state index contributed by atoms with van der Waals surface area (Å²) in [5.41, 5.74) is -2.15. The smallest absolute Gasteiger partial charge is 0.446 e. The maximum absolute atomic E-state index is 12.7. The summed E-state index contributed by atoms with van der Waals surface area (Å²) in [7, 11) is 0. The number of amides is 1. The van der Waals surface area contributed by atoms with E-state index in [0.717, 1.165) is 0 Å². The van der Waals surface area contributed by atoms with E-state index in [-0.39, 0.29) is 22.4 Å². The maximum atomic E-state index is 12.7. The number of hydroxylamine groups is 1. The zero-order chi connectivity index (χ0) is 17.7. The second-order valence-electron chi connectivity index (χ2n) is 5.43. The second-order valence-corrected chi connectivity index (χ2v) is 6.54. The summed E-state index contributed by atoms with van der Waals surface area (Å²) in [5.74, 6) is -0.301. The van der Waals surface area contributed by atoms with E-state index in [4.69, 9.17) is 9.94 Å². The minimum absolute atomic E-state index is 0.0112. The van der Waals surface area contributed by atoms with Crippen molar-refractivity contribution in [3.8, 4) is 5.75 Å². The fourth-order valence-electron chi connectivity index (χ4n) is 2.42. The Morgan fingerprint density at radius 1 is 1.50 bits per heavy atom. The summed E-state index contributed by atoms with van der Waals surface area (Å²) < 4.78 is 43.6. The molecule has 1 aliphatic heterocycles. The van der Waals surface area contributed by atoms with Gasteiger partial charge in [0.2, 0.25) is 0 Å². The number of nitrogens with one attached hydrogen (secondary N) is 1. The first-order valence-corrected chi connectivity index (χ1v) is 8.35. The number of carbonyl (C=O) groups is 1. The number of carbonyl (C=O) groups excluding carboxylic acids is 1. The molecule has 5 nitrogen and oxygen atoms in total. The van der Waals surface area contributed by atoms with E-state index in [9.17, 15) is 18.0 Å². The first-order chi connectivity index (χ1) is 11.3. The van der Waals surface area contributed by atoms with Gasteiger partial charge >= 0.3 is 5.51 Å². The zero-order valence-electron chi connectivity index (χ0n) is 13.1. The van der Waals surface area contributed by atoms with E-state index in [2.05, 4.69) is 0 Å². The highest BCUT2D eigenvalue weighted by Crippen LogP contribution is 2.42. The summed E-state index contributed by atoms with van der Waals surface area (Å²) in [6.07, 6.45) is 1.30. The van der Waals surface area contributed by atoms with Crippen molar-refractivity contribution >= 4 is 17.7 Å². The van der Waals surface area contributed by atoms with Crippen molar-refractivity contribution in [1.82, 2.24) is 10.4 Å². The molecule has 24 heavy (non-hydrogen) atoms. The predicted molar refractivity (Wildman–Crippen MR) is 82.9 cm³/mol. The average Bonchev–Trinajstić information content (AvgIpc) is 2.49. The van der Waals surface area contributed by atoms with Gasteiger partial charge in [0, 0.05) is 13.1 Å². The second kappa shape index (κ2) is 8.09. The van der Waals surface area contributed by atoms with Crippen molar-refractivity contribution in [2.24, 2.45) is 0 Å². The van der Waals surface area contributed by atoms with Crippen molar-refractivity contribution in [1.29, 1.82) is 0 Å². The standard InChI is InChI=1S/C15H19F3N2O3S/c1-2-7-23-12-4-3-10(8-13(12)24-15(16,17)18)9-20-6-5-11(20)14(21)19-22/h3-4,8,11,22H,2,5-7,9H2,1H3,(H,19,21)/t11-/m1/s1. The molecule has 2 N–H and O–H groups in total. The molecule has 1 aromatic carbocycles. The zero-order valence-corrected chi connectivity index (χ0v) is 13.9. The molecule has 1 amide bonds. The number of hydrogen-bond donors (Lipinski definition) is 2. The normalized spacial score (nSPS) is 18.1. The Kier molecular flexibility index (Phi) is 6.36. The molecule has 0 aliphatic carbocycles. The number of alkyl halides is 3. The van der Waals surface area contributed by atoms with E-state index in [1.807, 2.05) is 6.92 Å². The van der Waals surface area contributed by atoms with Gasteiger partial charge in [-0.05, 0) is 42.3 Å². The van der Waals surface area contributed by atoms with Gasteiger partial charge in [0.05, 0.1) is 17.5 Å². The monoisotopic (exact) mass is 364 g/mol. The number of likely N-dealkylation sites (tertiary alicyclic amines) is 1. The minimum Gasteiger partial charge on any atom is -0.492 e. The number of benzene rings is 1. The number of hydrogen-bond acceptors (Lipinski definition) is 5. The Balaban J connectivity index is 2.13. The van der Waals surface area contributed by atoms with Gasteiger partial charge in [-0.1, -0.05) is 13.0 Å². The number of ether oxygens (including phenoxy) is 1. The Morgan fingerprint density at radius 2 is 2.25 bits per heavy atom. The summed E-state index contributed by atoms with van der Waals surface area (Å²) in [6, 6.07) is 4.21. The van der Waals surface area contributed by atoms with Gasteiger partial charge in [-0.3, -0.25) is 14.9 Å². The van der Waals surface area contributed by atoms with Crippen LogP contribution in [0.25, 0.3) is 0 Å². The van der Waals surface area contributed by atoms with E-state index in [0.29, 0.717) is 38.1 Å². The Morgan fingerprint density at radius 3 is 2.79 bits per heavy atom. The topological polar surface area (TPSA) is 61.8 Å². The SMILES string of the molecule is CCCOc1ccc(CN2CC[C@@H]2C(=O)NO)cc1SC(F)(F)F. The van der Waals surface area contributed by atoms with Crippen LogP contribution in [0.1, 0.15) is 25.3 Å². The lowest BCUT2D eigenvalue weighted by Gasteiger charge is -2.39. The Bertz CT molecular complexity index is 584. The third-order valence-electron chi connectivity index (χ3n) is 3.62. The van der Waals surface area contributed by atoms with E-state index in [1.165, 1.54) is 12.1 Å². The molecule has 1 atom stereocenters. The van der Waals surface area contributed by atoms with Crippen LogP contribution in [-0.2, 0) is 11.3 Å². The van der Waals surface area contributed by atoms with Gasteiger partial charge < -0.3 is 4.74 Å². The molecule has 0 bridgehead atoms. The van der Waals surface area contributed by atoms with Crippen LogP contribution in [-0.4, -0.2) is 40.7 Å². The number of rotatable bonds is 7. The van der Waals surface area contributed by atoms with Crippen molar-refractivity contribution < 1.29 is 27.9 Å². The van der Waals surface area contributed by atoms with Gasteiger partial charge in [-0.2, -0.15) is 13.2 Å². The molecule has 1 fully saturated rings. The third-order valence-corrected chi connectivity index (χ3v) is 4.39. The molecule has 0 unspecified atom stereocenters. The van der Waals surface area contributed by atoms with E-state index < -0.39 is 17.5 Å². The van der Waals surface area contributed by atoms with Crippen LogP contribution in [0.15, 0.2) is 23.1 Å². The summed E-state index contributed by atoms with van der Waals surface area (Å²) in [4.78, 5) is 13.2. The summed E-state index contributed by atoms with van der Waals surface area (Å²) >= 11 is -0.207. The van der Waals surface area contributed by atoms with Gasteiger partial charge in [0.25, 0.3) is 5.91 Å². The molecule has 1 saturated heterocycles. The lowest BCUT2D eigenvalue weighted by atomic mass is 10.0. The van der Waals surface area contributed by atoms with Gasteiger partial charge in [0.15, 0.2) is 0 Å². The van der Waals surface area contributed by atoms with Crippen molar-refractivity contribution in [3.05, 3.63) is 23.8 Å². The maximum Gasteiger partial charge on any atom is 0.446 e. The van der Waals surface area contributed by atoms with Crippen molar-refractivity contribution in [3.63, 3.8) is 0 Å². The Labute approximate surface area is 142 Å². The molecule has 0 saturated carbocycles. The molecule has 0 spiro atoms. The molecule has 134 valence electrons. The van der Waals surface area contributed by atoms with Crippen LogP contribution in [0.3, 0.4) is 0 Å².